The number of benzene rings is 1. The predicted octanol–water partition coefficient (Wildman–Crippen LogP) is 2.83. The zero-order valence-electron chi connectivity index (χ0n) is 9.92. The number of anilines is 1. The van der Waals surface area contributed by atoms with Crippen molar-refractivity contribution in [2.45, 2.75) is 18.2 Å². The summed E-state index contributed by atoms with van der Waals surface area (Å²) in [5.74, 6) is 0.327. The molecule has 2 aromatic rings. The Morgan fingerprint density at radius 3 is 2.78 bits per heavy atom. The van der Waals surface area contributed by atoms with Gasteiger partial charge in [-0.05, 0) is 18.6 Å². The number of nitrogens with one attached hydrogen (secondary N) is 1. The molecule has 0 spiro atoms. The zero-order chi connectivity index (χ0) is 12.8. The van der Waals surface area contributed by atoms with Crippen LogP contribution in [0.3, 0.4) is 0 Å². The van der Waals surface area contributed by atoms with Crippen LogP contribution in [0.4, 0.5) is 5.13 Å². The maximum Gasteiger partial charge on any atom is 0.236 e. The molecule has 0 aliphatic heterocycles. The number of nitrogens with zero attached hydrogens (tertiary/aromatic N) is 2. The van der Waals surface area contributed by atoms with E-state index in [0.717, 1.165) is 16.3 Å². The van der Waals surface area contributed by atoms with Crippen molar-refractivity contribution in [2.24, 2.45) is 0 Å². The molecule has 0 aliphatic rings. The molecule has 0 saturated carbocycles. The highest BCUT2D eigenvalue weighted by atomic mass is 32.2. The maximum absolute atomic E-state index is 11.7. The third-order valence-corrected chi connectivity index (χ3v) is 4.12. The van der Waals surface area contributed by atoms with Crippen LogP contribution >= 0.6 is 23.1 Å². The first kappa shape index (κ1) is 13.0. The molecule has 1 heterocycles. The average molecular weight is 279 g/mol. The fourth-order valence-corrected chi connectivity index (χ4v) is 2.68. The number of aryl methyl sites for hydroxylation is 1. The number of carbonyl (C=O) groups is 1. The summed E-state index contributed by atoms with van der Waals surface area (Å²) >= 11 is 2.92. The minimum atomic E-state index is -0.0531. The summed E-state index contributed by atoms with van der Waals surface area (Å²) in [5, 5.41) is 12.1. The molecule has 0 fully saturated rings. The van der Waals surface area contributed by atoms with Crippen LogP contribution in [0.1, 0.15) is 11.9 Å². The topological polar surface area (TPSA) is 54.9 Å². The monoisotopic (exact) mass is 279 g/mol. The second-order valence-corrected chi connectivity index (χ2v) is 5.62. The van der Waals surface area contributed by atoms with E-state index in [9.17, 15) is 4.79 Å². The molecular formula is C12H13N3OS2. The normalized spacial score (nSPS) is 10.3. The van der Waals surface area contributed by atoms with E-state index in [1.54, 1.807) is 0 Å². The minimum Gasteiger partial charge on any atom is -0.300 e. The van der Waals surface area contributed by atoms with Crippen LogP contribution in [0.2, 0.25) is 0 Å². The standard InChI is InChI=1S/C12H13N3OS2/c1-2-11-14-15-12(18-11)13-10(16)8-17-9-6-4-3-5-7-9/h3-7H,2,8H2,1H3,(H,13,15,16). The van der Waals surface area contributed by atoms with Crippen molar-refractivity contribution in [1.29, 1.82) is 0 Å². The summed E-state index contributed by atoms with van der Waals surface area (Å²) in [5.41, 5.74) is 0. The summed E-state index contributed by atoms with van der Waals surface area (Å²) in [6.07, 6.45) is 0.840. The van der Waals surface area contributed by atoms with Crippen LogP contribution in [-0.2, 0) is 11.2 Å². The van der Waals surface area contributed by atoms with Crippen LogP contribution in [0.5, 0.6) is 0 Å². The Kier molecular flexibility index (Phi) is 4.72. The molecule has 4 nitrogen and oxygen atoms in total. The summed E-state index contributed by atoms with van der Waals surface area (Å²) in [4.78, 5) is 12.8. The van der Waals surface area contributed by atoms with E-state index in [4.69, 9.17) is 0 Å². The predicted molar refractivity (Wildman–Crippen MR) is 75.1 cm³/mol. The first-order valence-electron chi connectivity index (χ1n) is 5.58. The molecule has 0 saturated heterocycles. The molecule has 0 bridgehead atoms. The minimum absolute atomic E-state index is 0.0531. The fraction of sp³-hybridized carbons (Fsp3) is 0.250. The summed E-state index contributed by atoms with van der Waals surface area (Å²) in [7, 11) is 0. The Balaban J connectivity index is 1.82. The molecular weight excluding hydrogens is 266 g/mol. The maximum atomic E-state index is 11.7. The molecule has 2 rings (SSSR count). The van der Waals surface area contributed by atoms with Gasteiger partial charge in [0.2, 0.25) is 11.0 Å². The quantitative estimate of drug-likeness (QED) is 0.855. The molecule has 6 heteroatoms. The molecule has 1 amide bonds. The van der Waals surface area contributed by atoms with Crippen molar-refractivity contribution < 1.29 is 4.79 Å². The fourth-order valence-electron chi connectivity index (χ4n) is 1.27. The number of rotatable bonds is 5. The van der Waals surface area contributed by atoms with Gasteiger partial charge < -0.3 is 0 Å². The lowest BCUT2D eigenvalue weighted by atomic mass is 10.4. The van der Waals surface area contributed by atoms with Crippen LogP contribution < -0.4 is 5.32 Å². The van der Waals surface area contributed by atoms with E-state index in [-0.39, 0.29) is 5.91 Å². The second-order valence-electron chi connectivity index (χ2n) is 3.50. The Hall–Kier alpha value is -1.40. The number of amides is 1. The van der Waals surface area contributed by atoms with Gasteiger partial charge in [-0.2, -0.15) is 0 Å². The largest absolute Gasteiger partial charge is 0.300 e. The van der Waals surface area contributed by atoms with Crippen LogP contribution in [0.25, 0.3) is 0 Å². The highest BCUT2D eigenvalue weighted by Gasteiger charge is 2.07. The highest BCUT2D eigenvalue weighted by molar-refractivity contribution is 8.00. The number of hydrogen-bond donors (Lipinski definition) is 1. The molecule has 0 atom stereocenters. The molecule has 0 unspecified atom stereocenters. The van der Waals surface area contributed by atoms with Gasteiger partial charge in [0.1, 0.15) is 5.01 Å². The summed E-state index contributed by atoms with van der Waals surface area (Å²) in [6.45, 7) is 2.01. The van der Waals surface area contributed by atoms with Crippen LogP contribution in [0, 0.1) is 0 Å². The molecule has 1 aromatic heterocycles. The molecule has 1 aromatic carbocycles. The van der Waals surface area contributed by atoms with Gasteiger partial charge in [0.05, 0.1) is 5.75 Å². The van der Waals surface area contributed by atoms with Gasteiger partial charge in [0.25, 0.3) is 0 Å². The van der Waals surface area contributed by atoms with Crippen LogP contribution in [-0.4, -0.2) is 21.9 Å². The smallest absolute Gasteiger partial charge is 0.236 e. The number of hydrogen-bond acceptors (Lipinski definition) is 5. The van der Waals surface area contributed by atoms with E-state index >= 15 is 0 Å². The van der Waals surface area contributed by atoms with Gasteiger partial charge >= 0.3 is 0 Å². The van der Waals surface area contributed by atoms with E-state index in [1.165, 1.54) is 23.1 Å². The molecule has 1 N–H and O–H groups in total. The third kappa shape index (κ3) is 3.82. The first-order chi connectivity index (χ1) is 8.78. The van der Waals surface area contributed by atoms with Gasteiger partial charge in [0.15, 0.2) is 0 Å². The number of aromatic nitrogens is 2. The molecule has 18 heavy (non-hydrogen) atoms. The summed E-state index contributed by atoms with van der Waals surface area (Å²) in [6, 6.07) is 9.84. The van der Waals surface area contributed by atoms with Crippen molar-refractivity contribution in [1.82, 2.24) is 10.2 Å². The zero-order valence-corrected chi connectivity index (χ0v) is 11.6. The first-order valence-corrected chi connectivity index (χ1v) is 7.38. The lowest BCUT2D eigenvalue weighted by molar-refractivity contribution is -0.113. The summed E-state index contributed by atoms with van der Waals surface area (Å²) < 4.78 is 0. The van der Waals surface area contributed by atoms with E-state index < -0.39 is 0 Å². The van der Waals surface area contributed by atoms with Crippen molar-refractivity contribution in [3.05, 3.63) is 35.3 Å². The third-order valence-electron chi connectivity index (χ3n) is 2.13. The Morgan fingerprint density at radius 2 is 2.11 bits per heavy atom. The molecule has 0 aliphatic carbocycles. The lowest BCUT2D eigenvalue weighted by Gasteiger charge is -2.01. The van der Waals surface area contributed by atoms with E-state index in [2.05, 4.69) is 15.5 Å². The lowest BCUT2D eigenvalue weighted by Crippen LogP contribution is -2.13. The highest BCUT2D eigenvalue weighted by Crippen LogP contribution is 2.19. The van der Waals surface area contributed by atoms with Gasteiger partial charge in [-0.25, -0.2) is 0 Å². The molecule has 0 radical (unpaired) electrons. The number of carbonyl (C=O) groups excluding carboxylic acids is 1. The van der Waals surface area contributed by atoms with Crippen molar-refractivity contribution in [2.75, 3.05) is 11.1 Å². The van der Waals surface area contributed by atoms with Gasteiger partial charge in [0, 0.05) is 4.90 Å². The Labute approximate surface area is 114 Å². The Bertz CT molecular complexity index is 513. The van der Waals surface area contributed by atoms with Crippen LogP contribution in [0.15, 0.2) is 35.2 Å². The van der Waals surface area contributed by atoms with E-state index in [0.29, 0.717) is 10.9 Å². The van der Waals surface area contributed by atoms with E-state index in [1.807, 2.05) is 37.3 Å². The van der Waals surface area contributed by atoms with Gasteiger partial charge in [-0.3, -0.25) is 10.1 Å². The van der Waals surface area contributed by atoms with Crippen molar-refractivity contribution in [3.8, 4) is 0 Å². The number of thioether (sulfide) groups is 1. The van der Waals surface area contributed by atoms with Crippen molar-refractivity contribution >= 4 is 34.1 Å². The van der Waals surface area contributed by atoms with Gasteiger partial charge in [-0.1, -0.05) is 36.5 Å². The van der Waals surface area contributed by atoms with Crippen molar-refractivity contribution in [3.63, 3.8) is 0 Å². The second kappa shape index (κ2) is 6.51. The SMILES string of the molecule is CCc1nnc(NC(=O)CSc2ccccc2)s1. The Morgan fingerprint density at radius 1 is 1.33 bits per heavy atom. The molecule has 94 valence electrons. The average Bonchev–Trinajstić information content (AvgIpc) is 2.85. The van der Waals surface area contributed by atoms with Gasteiger partial charge in [-0.15, -0.1) is 22.0 Å².